The molecule has 0 unspecified atom stereocenters. The van der Waals surface area contributed by atoms with Crippen LogP contribution in [0.2, 0.25) is 0 Å². The van der Waals surface area contributed by atoms with Crippen molar-refractivity contribution in [2.75, 3.05) is 39.9 Å². The molecule has 2 saturated heterocycles. The third-order valence-corrected chi connectivity index (χ3v) is 5.00. The number of aromatic nitrogens is 2. The summed E-state index contributed by atoms with van der Waals surface area (Å²) in [5.41, 5.74) is 2.64. The van der Waals surface area contributed by atoms with Crippen LogP contribution in [0.3, 0.4) is 0 Å². The van der Waals surface area contributed by atoms with Gasteiger partial charge < -0.3 is 14.2 Å². The van der Waals surface area contributed by atoms with Gasteiger partial charge in [0.05, 0.1) is 36.6 Å². The average Bonchev–Trinajstić information content (AvgIpc) is 2.70. The molecule has 2 aliphatic heterocycles. The molecule has 2 fully saturated rings. The molecule has 2 bridgehead atoms. The first-order chi connectivity index (χ1) is 11.1. The molecule has 2 atom stereocenters. The van der Waals surface area contributed by atoms with Gasteiger partial charge in [0.15, 0.2) is 0 Å². The second-order valence-corrected chi connectivity index (χ2v) is 6.77. The van der Waals surface area contributed by atoms with Gasteiger partial charge in [0.1, 0.15) is 0 Å². The smallest absolute Gasteiger partial charge is 0.253 e. The maximum absolute atomic E-state index is 13.0. The number of rotatable bonds is 1. The highest BCUT2D eigenvalue weighted by molar-refractivity contribution is 5.97. The lowest BCUT2D eigenvalue weighted by atomic mass is 10.1. The van der Waals surface area contributed by atoms with E-state index in [1.165, 1.54) is 0 Å². The SMILES string of the molecule is CN1C[C@H]2COC[C@@H]1CN(C(=O)c1ccc3c(c1)ncn3C)C2. The van der Waals surface area contributed by atoms with Crippen molar-refractivity contribution in [2.45, 2.75) is 6.04 Å². The number of likely N-dealkylation sites (N-methyl/N-ethyl adjacent to an activating group) is 1. The van der Waals surface area contributed by atoms with Gasteiger partial charge in [-0.3, -0.25) is 9.69 Å². The summed E-state index contributed by atoms with van der Waals surface area (Å²) in [7, 11) is 4.09. The van der Waals surface area contributed by atoms with E-state index < -0.39 is 0 Å². The molecule has 6 heteroatoms. The van der Waals surface area contributed by atoms with E-state index in [0.29, 0.717) is 12.5 Å². The van der Waals surface area contributed by atoms with Crippen molar-refractivity contribution in [1.29, 1.82) is 0 Å². The average molecular weight is 314 g/mol. The van der Waals surface area contributed by atoms with Crippen LogP contribution < -0.4 is 0 Å². The molecule has 0 radical (unpaired) electrons. The minimum atomic E-state index is 0.102. The highest BCUT2D eigenvalue weighted by Crippen LogP contribution is 2.21. The first kappa shape index (κ1) is 14.7. The quantitative estimate of drug-likeness (QED) is 0.787. The van der Waals surface area contributed by atoms with Gasteiger partial charge in [-0.2, -0.15) is 0 Å². The molecule has 122 valence electrons. The zero-order chi connectivity index (χ0) is 16.0. The van der Waals surface area contributed by atoms with Crippen LogP contribution in [0.15, 0.2) is 24.5 Å². The number of imidazole rings is 1. The third kappa shape index (κ3) is 2.62. The molecule has 0 spiro atoms. The van der Waals surface area contributed by atoms with Gasteiger partial charge in [-0.1, -0.05) is 0 Å². The fraction of sp³-hybridized carbons (Fsp3) is 0.529. The summed E-state index contributed by atoms with van der Waals surface area (Å²) in [6.07, 6.45) is 1.78. The standard InChI is InChI=1S/C17H22N4O2/c1-19-6-12-7-21(8-14(19)10-23-9-12)17(22)13-3-4-16-15(5-13)18-11-20(16)2/h3-5,11-12,14H,6-10H2,1-2H3/t12-,14+/m1/s1. The Bertz CT molecular complexity index is 741. The minimum absolute atomic E-state index is 0.102. The van der Waals surface area contributed by atoms with E-state index >= 15 is 0 Å². The van der Waals surface area contributed by atoms with Gasteiger partial charge in [0, 0.05) is 38.2 Å². The van der Waals surface area contributed by atoms with E-state index in [2.05, 4.69) is 16.9 Å². The van der Waals surface area contributed by atoms with Crippen LogP contribution in [-0.4, -0.2) is 71.2 Å². The maximum Gasteiger partial charge on any atom is 0.253 e. The number of fused-ring (bicyclic) bond motifs is 4. The van der Waals surface area contributed by atoms with Crippen LogP contribution in [0.1, 0.15) is 10.4 Å². The van der Waals surface area contributed by atoms with Crippen molar-refractivity contribution >= 4 is 16.9 Å². The second-order valence-electron chi connectivity index (χ2n) is 6.77. The fourth-order valence-electron chi connectivity index (χ4n) is 3.67. The largest absolute Gasteiger partial charge is 0.379 e. The van der Waals surface area contributed by atoms with E-state index in [1.807, 2.05) is 34.7 Å². The lowest BCUT2D eigenvalue weighted by Gasteiger charge is -2.29. The van der Waals surface area contributed by atoms with Gasteiger partial charge in [-0.15, -0.1) is 0 Å². The molecular formula is C17H22N4O2. The Morgan fingerprint density at radius 3 is 2.96 bits per heavy atom. The van der Waals surface area contributed by atoms with Gasteiger partial charge >= 0.3 is 0 Å². The number of ether oxygens (including phenoxy) is 1. The normalized spacial score (nSPS) is 25.6. The predicted octanol–water partition coefficient (Wildman–Crippen LogP) is 0.976. The van der Waals surface area contributed by atoms with Crippen molar-refractivity contribution < 1.29 is 9.53 Å². The second kappa shape index (κ2) is 5.62. The van der Waals surface area contributed by atoms with Gasteiger partial charge in [-0.05, 0) is 25.2 Å². The van der Waals surface area contributed by atoms with Crippen molar-refractivity contribution in [3.8, 4) is 0 Å². The van der Waals surface area contributed by atoms with E-state index in [1.54, 1.807) is 6.33 Å². The summed E-state index contributed by atoms with van der Waals surface area (Å²) in [4.78, 5) is 21.6. The zero-order valence-corrected chi connectivity index (χ0v) is 13.6. The Balaban J connectivity index is 1.62. The van der Waals surface area contributed by atoms with Crippen LogP contribution in [0.5, 0.6) is 0 Å². The number of aryl methyl sites for hydroxylation is 1. The Morgan fingerprint density at radius 1 is 1.22 bits per heavy atom. The molecule has 1 aromatic carbocycles. The molecule has 0 saturated carbocycles. The van der Waals surface area contributed by atoms with Gasteiger partial charge in [0.25, 0.3) is 5.91 Å². The lowest BCUT2D eigenvalue weighted by Crippen LogP contribution is -2.44. The minimum Gasteiger partial charge on any atom is -0.379 e. The van der Waals surface area contributed by atoms with E-state index in [-0.39, 0.29) is 11.9 Å². The summed E-state index contributed by atoms with van der Waals surface area (Å²) in [5.74, 6) is 0.486. The Kier molecular flexibility index (Phi) is 3.58. The van der Waals surface area contributed by atoms with Crippen LogP contribution in [0.4, 0.5) is 0 Å². The van der Waals surface area contributed by atoms with Crippen molar-refractivity contribution in [2.24, 2.45) is 13.0 Å². The molecule has 4 rings (SSSR count). The van der Waals surface area contributed by atoms with Crippen LogP contribution in [0, 0.1) is 5.92 Å². The number of hydrogen-bond donors (Lipinski definition) is 0. The van der Waals surface area contributed by atoms with Crippen molar-refractivity contribution in [3.05, 3.63) is 30.1 Å². The third-order valence-electron chi connectivity index (χ3n) is 5.00. The first-order valence-corrected chi connectivity index (χ1v) is 8.10. The van der Waals surface area contributed by atoms with Crippen LogP contribution in [-0.2, 0) is 11.8 Å². The van der Waals surface area contributed by atoms with Gasteiger partial charge in [0.2, 0.25) is 0 Å². The first-order valence-electron chi connectivity index (χ1n) is 8.10. The molecule has 23 heavy (non-hydrogen) atoms. The summed E-state index contributed by atoms with van der Waals surface area (Å²) in [5, 5.41) is 0. The highest BCUT2D eigenvalue weighted by Gasteiger charge is 2.33. The molecule has 0 N–H and O–H groups in total. The van der Waals surface area contributed by atoms with Crippen molar-refractivity contribution in [3.63, 3.8) is 0 Å². The predicted molar refractivity (Wildman–Crippen MR) is 87.3 cm³/mol. The molecule has 2 aliphatic rings. The van der Waals surface area contributed by atoms with E-state index in [4.69, 9.17) is 4.74 Å². The molecular weight excluding hydrogens is 292 g/mol. The molecule has 6 nitrogen and oxygen atoms in total. The Hall–Kier alpha value is -1.92. The maximum atomic E-state index is 13.0. The number of amides is 1. The fourth-order valence-corrected chi connectivity index (χ4v) is 3.67. The number of benzene rings is 1. The van der Waals surface area contributed by atoms with E-state index in [9.17, 15) is 4.79 Å². The number of carbonyl (C=O) groups excluding carboxylic acids is 1. The number of nitrogens with zero attached hydrogens (tertiary/aromatic N) is 4. The summed E-state index contributed by atoms with van der Waals surface area (Å²) >= 11 is 0. The van der Waals surface area contributed by atoms with E-state index in [0.717, 1.165) is 42.8 Å². The Labute approximate surface area is 135 Å². The molecule has 1 amide bonds. The summed E-state index contributed by atoms with van der Waals surface area (Å²) < 4.78 is 7.70. The van der Waals surface area contributed by atoms with Crippen LogP contribution in [0.25, 0.3) is 11.0 Å². The number of carbonyl (C=O) groups is 1. The molecule has 0 aliphatic carbocycles. The lowest BCUT2D eigenvalue weighted by molar-refractivity contribution is 0.0434. The summed E-state index contributed by atoms with van der Waals surface area (Å²) in [6, 6.07) is 6.07. The highest BCUT2D eigenvalue weighted by atomic mass is 16.5. The summed E-state index contributed by atoms with van der Waals surface area (Å²) in [6.45, 7) is 3.93. The Morgan fingerprint density at radius 2 is 2.09 bits per heavy atom. The molecule has 1 aromatic heterocycles. The monoisotopic (exact) mass is 314 g/mol. The topological polar surface area (TPSA) is 50.6 Å². The van der Waals surface area contributed by atoms with Crippen LogP contribution >= 0.6 is 0 Å². The zero-order valence-electron chi connectivity index (χ0n) is 13.6. The molecule has 2 aromatic rings. The molecule has 3 heterocycles. The van der Waals surface area contributed by atoms with Gasteiger partial charge in [-0.25, -0.2) is 4.98 Å². The number of hydrogen-bond acceptors (Lipinski definition) is 4. The van der Waals surface area contributed by atoms with Crippen molar-refractivity contribution in [1.82, 2.24) is 19.4 Å².